The molecule has 24 heavy (non-hydrogen) atoms. The largest absolute Gasteiger partial charge is 0.488 e. The van der Waals surface area contributed by atoms with Gasteiger partial charge in [-0.25, -0.2) is 0 Å². The maximum absolute atomic E-state index is 12.8. The van der Waals surface area contributed by atoms with Crippen molar-refractivity contribution in [2.45, 2.75) is 25.9 Å². The predicted molar refractivity (Wildman–Crippen MR) is 91.9 cm³/mol. The SMILES string of the molecule is Cc1ccccc1C(=O)N1C[C@H]2CC[C@@H](Oc3cccnc3)[C@H]2C1. The van der Waals surface area contributed by atoms with Gasteiger partial charge in [0.15, 0.2) is 0 Å². The minimum Gasteiger partial charge on any atom is -0.488 e. The number of carbonyl (C=O) groups is 1. The van der Waals surface area contributed by atoms with Crippen LogP contribution in [0.25, 0.3) is 0 Å². The van der Waals surface area contributed by atoms with E-state index in [2.05, 4.69) is 4.98 Å². The van der Waals surface area contributed by atoms with E-state index >= 15 is 0 Å². The highest BCUT2D eigenvalue weighted by Gasteiger charge is 2.45. The van der Waals surface area contributed by atoms with Crippen LogP contribution in [0.3, 0.4) is 0 Å². The highest BCUT2D eigenvalue weighted by Crippen LogP contribution is 2.40. The number of nitrogens with zero attached hydrogens (tertiary/aromatic N) is 2. The summed E-state index contributed by atoms with van der Waals surface area (Å²) in [5.74, 6) is 1.97. The Labute approximate surface area is 142 Å². The summed E-state index contributed by atoms with van der Waals surface area (Å²) in [6, 6.07) is 11.7. The summed E-state index contributed by atoms with van der Waals surface area (Å²) in [6.07, 6.45) is 5.90. The van der Waals surface area contributed by atoms with Crippen molar-refractivity contribution in [3.8, 4) is 5.75 Å². The third-order valence-corrected chi connectivity index (χ3v) is 5.38. The van der Waals surface area contributed by atoms with E-state index < -0.39 is 0 Å². The van der Waals surface area contributed by atoms with E-state index in [1.165, 1.54) is 0 Å². The smallest absolute Gasteiger partial charge is 0.254 e. The molecule has 1 saturated heterocycles. The fourth-order valence-corrected chi connectivity index (χ4v) is 4.10. The number of hydrogen-bond donors (Lipinski definition) is 0. The zero-order chi connectivity index (χ0) is 16.5. The predicted octanol–water partition coefficient (Wildman–Crippen LogP) is 3.32. The van der Waals surface area contributed by atoms with E-state index in [4.69, 9.17) is 4.74 Å². The minimum absolute atomic E-state index is 0.155. The van der Waals surface area contributed by atoms with Crippen LogP contribution in [0.5, 0.6) is 5.75 Å². The number of likely N-dealkylation sites (tertiary alicyclic amines) is 1. The third-order valence-electron chi connectivity index (χ3n) is 5.38. The maximum atomic E-state index is 12.8. The first-order valence-electron chi connectivity index (χ1n) is 8.64. The van der Waals surface area contributed by atoms with Gasteiger partial charge in [-0.2, -0.15) is 0 Å². The number of hydrogen-bond acceptors (Lipinski definition) is 3. The van der Waals surface area contributed by atoms with E-state index in [0.29, 0.717) is 11.8 Å². The number of ether oxygens (including phenoxy) is 1. The monoisotopic (exact) mass is 322 g/mol. The number of rotatable bonds is 3. The van der Waals surface area contributed by atoms with Crippen LogP contribution in [-0.4, -0.2) is 35.0 Å². The van der Waals surface area contributed by atoms with Crippen LogP contribution < -0.4 is 4.74 Å². The summed E-state index contributed by atoms with van der Waals surface area (Å²) in [4.78, 5) is 19.0. The lowest BCUT2D eigenvalue weighted by atomic mass is 9.99. The Bertz CT molecular complexity index is 731. The first kappa shape index (κ1) is 15.2. The Morgan fingerprint density at radius 2 is 2.04 bits per heavy atom. The summed E-state index contributed by atoms with van der Waals surface area (Å²) in [7, 11) is 0. The number of fused-ring (bicyclic) bond motifs is 1. The molecule has 2 heterocycles. The fraction of sp³-hybridized carbons (Fsp3) is 0.400. The van der Waals surface area contributed by atoms with Crippen molar-refractivity contribution >= 4 is 5.91 Å². The highest BCUT2D eigenvalue weighted by molar-refractivity contribution is 5.95. The molecule has 2 aliphatic rings. The van der Waals surface area contributed by atoms with Crippen molar-refractivity contribution in [3.05, 3.63) is 59.9 Å². The second-order valence-corrected chi connectivity index (χ2v) is 6.87. The Morgan fingerprint density at radius 3 is 2.83 bits per heavy atom. The lowest BCUT2D eigenvalue weighted by Crippen LogP contribution is -2.32. The van der Waals surface area contributed by atoms with Gasteiger partial charge >= 0.3 is 0 Å². The van der Waals surface area contributed by atoms with E-state index in [1.54, 1.807) is 12.4 Å². The Morgan fingerprint density at radius 1 is 1.17 bits per heavy atom. The molecule has 0 spiro atoms. The molecule has 124 valence electrons. The van der Waals surface area contributed by atoms with Crippen molar-refractivity contribution in [1.29, 1.82) is 0 Å². The third kappa shape index (κ3) is 2.77. The summed E-state index contributed by atoms with van der Waals surface area (Å²) >= 11 is 0. The quantitative estimate of drug-likeness (QED) is 0.870. The Hall–Kier alpha value is -2.36. The van der Waals surface area contributed by atoms with Gasteiger partial charge < -0.3 is 9.64 Å². The topological polar surface area (TPSA) is 42.4 Å². The van der Waals surface area contributed by atoms with Gasteiger partial charge in [0.2, 0.25) is 0 Å². The van der Waals surface area contributed by atoms with Gasteiger partial charge in [0.05, 0.1) is 6.20 Å². The molecule has 2 fully saturated rings. The van der Waals surface area contributed by atoms with E-state index in [9.17, 15) is 4.79 Å². The molecular weight excluding hydrogens is 300 g/mol. The zero-order valence-corrected chi connectivity index (χ0v) is 13.9. The number of benzene rings is 1. The highest BCUT2D eigenvalue weighted by atomic mass is 16.5. The first-order chi connectivity index (χ1) is 11.7. The lowest BCUT2D eigenvalue weighted by molar-refractivity contribution is 0.0761. The maximum Gasteiger partial charge on any atom is 0.254 e. The molecule has 3 atom stereocenters. The molecule has 4 heteroatoms. The molecule has 1 aliphatic carbocycles. The molecular formula is C20H22N2O2. The molecule has 1 saturated carbocycles. The lowest BCUT2D eigenvalue weighted by Gasteiger charge is -2.22. The molecule has 4 nitrogen and oxygen atoms in total. The summed E-state index contributed by atoms with van der Waals surface area (Å²) in [5.41, 5.74) is 1.87. The molecule has 0 unspecified atom stereocenters. The van der Waals surface area contributed by atoms with Gasteiger partial charge in [0, 0.05) is 30.8 Å². The van der Waals surface area contributed by atoms with E-state index in [1.807, 2.05) is 48.2 Å². The normalized spacial score (nSPS) is 25.5. The van der Waals surface area contributed by atoms with Crippen molar-refractivity contribution in [1.82, 2.24) is 9.88 Å². The van der Waals surface area contributed by atoms with Crippen molar-refractivity contribution in [2.24, 2.45) is 11.8 Å². The van der Waals surface area contributed by atoms with Gasteiger partial charge in [-0.3, -0.25) is 9.78 Å². The van der Waals surface area contributed by atoms with Gasteiger partial charge in [-0.1, -0.05) is 18.2 Å². The summed E-state index contributed by atoms with van der Waals surface area (Å²) in [6.45, 7) is 3.64. The van der Waals surface area contributed by atoms with Crippen LogP contribution in [0.1, 0.15) is 28.8 Å². The Kier molecular flexibility index (Phi) is 3.97. The zero-order valence-electron chi connectivity index (χ0n) is 13.9. The fourth-order valence-electron chi connectivity index (χ4n) is 4.10. The number of amides is 1. The summed E-state index contributed by atoms with van der Waals surface area (Å²) in [5, 5.41) is 0. The van der Waals surface area contributed by atoms with Crippen LogP contribution in [-0.2, 0) is 0 Å². The van der Waals surface area contributed by atoms with E-state index in [-0.39, 0.29) is 12.0 Å². The van der Waals surface area contributed by atoms with Crippen LogP contribution in [0.4, 0.5) is 0 Å². The summed E-state index contributed by atoms with van der Waals surface area (Å²) < 4.78 is 6.15. The van der Waals surface area contributed by atoms with Crippen LogP contribution in [0.2, 0.25) is 0 Å². The average Bonchev–Trinajstić information content (AvgIpc) is 3.18. The van der Waals surface area contributed by atoms with Gasteiger partial charge in [0.1, 0.15) is 11.9 Å². The van der Waals surface area contributed by atoms with Crippen LogP contribution in [0.15, 0.2) is 48.8 Å². The van der Waals surface area contributed by atoms with Crippen LogP contribution >= 0.6 is 0 Å². The van der Waals surface area contributed by atoms with Gasteiger partial charge in [-0.05, 0) is 49.4 Å². The number of carbonyl (C=O) groups excluding carboxylic acids is 1. The van der Waals surface area contributed by atoms with E-state index in [0.717, 1.165) is 42.8 Å². The Balaban J connectivity index is 1.46. The van der Waals surface area contributed by atoms with Crippen molar-refractivity contribution in [3.63, 3.8) is 0 Å². The minimum atomic E-state index is 0.155. The number of aromatic nitrogens is 1. The molecule has 0 bridgehead atoms. The molecule has 2 aromatic rings. The second-order valence-electron chi connectivity index (χ2n) is 6.87. The number of aryl methyl sites for hydroxylation is 1. The second kappa shape index (κ2) is 6.27. The molecule has 0 N–H and O–H groups in total. The molecule has 1 aromatic carbocycles. The molecule has 1 amide bonds. The van der Waals surface area contributed by atoms with Crippen molar-refractivity contribution < 1.29 is 9.53 Å². The molecule has 0 radical (unpaired) electrons. The first-order valence-corrected chi connectivity index (χ1v) is 8.64. The standard InChI is InChI=1S/C20H22N2O2/c1-14-5-2-3-7-17(14)20(23)22-12-15-8-9-19(18(15)13-22)24-16-6-4-10-21-11-16/h2-7,10-11,15,18-19H,8-9,12-13H2,1H3/t15-,18+,19-/m1/s1. The van der Waals surface area contributed by atoms with Gasteiger partial charge in [-0.15, -0.1) is 0 Å². The van der Waals surface area contributed by atoms with Gasteiger partial charge in [0.25, 0.3) is 5.91 Å². The van der Waals surface area contributed by atoms with Crippen molar-refractivity contribution in [2.75, 3.05) is 13.1 Å². The molecule has 4 rings (SSSR count). The molecule has 1 aromatic heterocycles. The van der Waals surface area contributed by atoms with Crippen LogP contribution in [0, 0.1) is 18.8 Å². The number of pyridine rings is 1. The molecule has 1 aliphatic heterocycles. The average molecular weight is 322 g/mol.